The highest BCUT2D eigenvalue weighted by atomic mass is 16.3. The van der Waals surface area contributed by atoms with Gasteiger partial charge in [0.15, 0.2) is 17.3 Å². The van der Waals surface area contributed by atoms with Crippen molar-refractivity contribution in [2.24, 2.45) is 52.7 Å². The lowest BCUT2D eigenvalue weighted by atomic mass is 9.85. The third-order valence-electron chi connectivity index (χ3n) is 11.2. The Morgan fingerprint density at radius 2 is 0.983 bits per heavy atom. The molecule has 0 unspecified atom stereocenters. The van der Waals surface area contributed by atoms with E-state index in [1.165, 1.54) is 6.92 Å². The molecule has 0 spiro atoms. The van der Waals surface area contributed by atoms with Crippen LogP contribution in [-0.2, 0) is 38.4 Å². The van der Waals surface area contributed by atoms with Crippen molar-refractivity contribution in [3.63, 3.8) is 0 Å². The predicted molar refractivity (Wildman–Crippen MR) is 233 cm³/mol. The number of nitrogens with two attached hydrogens (primary N) is 3. The van der Waals surface area contributed by atoms with E-state index in [0.29, 0.717) is 64.6 Å². The summed E-state index contributed by atoms with van der Waals surface area (Å²) in [5.41, 5.74) is 17.2. The summed E-state index contributed by atoms with van der Waals surface area (Å²) < 4.78 is 0. The number of amides is 4. The lowest BCUT2D eigenvalue weighted by Crippen LogP contribution is -2.50. The second kappa shape index (κ2) is 31.3. The van der Waals surface area contributed by atoms with Gasteiger partial charge < -0.3 is 48.4 Å². The van der Waals surface area contributed by atoms with Gasteiger partial charge in [-0.2, -0.15) is 0 Å². The van der Waals surface area contributed by atoms with Crippen LogP contribution in [0.25, 0.3) is 0 Å². The number of ketones is 4. The average molecular weight is 852 g/mol. The first-order valence-electron chi connectivity index (χ1n) is 22.2. The van der Waals surface area contributed by atoms with Crippen molar-refractivity contribution in [1.82, 2.24) is 21.3 Å². The van der Waals surface area contributed by atoms with Crippen molar-refractivity contribution >= 4 is 46.8 Å². The van der Waals surface area contributed by atoms with Crippen molar-refractivity contribution in [3.05, 3.63) is 0 Å². The lowest BCUT2D eigenvalue weighted by molar-refractivity contribution is -0.136. The Kier molecular flexibility index (Phi) is 29.4. The SMILES string of the molecule is CC(=O)CCC(=O)N[C@H](CO)C(=O)C[C@@H](CCCCN)C(=O)N[C@H](CCCCN)C(=O)C[C@@H](CCCCN)C(=O)N[C@@H](C(=O)C[C@H](C(=O)N[C@@H](C)C(C)C)C(C)C)C(C)C. The first-order chi connectivity index (χ1) is 28.2. The number of nitrogens with one attached hydrogen (secondary N) is 4. The number of Topliss-reactive ketones (excluding diaryl/α,β-unsaturated/α-hetero) is 4. The summed E-state index contributed by atoms with van der Waals surface area (Å²) in [5.74, 6) is -5.90. The Labute approximate surface area is 359 Å². The largest absolute Gasteiger partial charge is 0.394 e. The summed E-state index contributed by atoms with van der Waals surface area (Å²) in [6.45, 7) is 15.0. The van der Waals surface area contributed by atoms with Crippen molar-refractivity contribution in [3.8, 4) is 0 Å². The van der Waals surface area contributed by atoms with Crippen molar-refractivity contribution in [2.75, 3.05) is 26.2 Å². The number of hydrogen-bond acceptors (Lipinski definition) is 12. The number of rotatable bonds is 35. The van der Waals surface area contributed by atoms with Crippen molar-refractivity contribution in [1.29, 1.82) is 0 Å². The second-order valence-corrected chi connectivity index (χ2v) is 17.4. The van der Waals surface area contributed by atoms with E-state index in [1.807, 2.05) is 48.5 Å². The number of carbonyl (C=O) groups is 8. The smallest absolute Gasteiger partial charge is 0.224 e. The van der Waals surface area contributed by atoms with E-state index in [4.69, 9.17) is 17.2 Å². The number of hydrogen-bond donors (Lipinski definition) is 8. The Bertz CT molecular complexity index is 1360. The molecule has 0 aliphatic heterocycles. The number of carbonyl (C=O) groups excluding carboxylic acids is 8. The predicted octanol–water partition coefficient (Wildman–Crippen LogP) is 2.39. The van der Waals surface area contributed by atoms with Gasteiger partial charge in [-0.05, 0) is 96.2 Å². The Morgan fingerprint density at radius 3 is 1.42 bits per heavy atom. The summed E-state index contributed by atoms with van der Waals surface area (Å²) in [6, 6.07) is -3.29. The summed E-state index contributed by atoms with van der Waals surface area (Å²) in [7, 11) is 0. The van der Waals surface area contributed by atoms with Crippen molar-refractivity contribution in [2.45, 2.75) is 169 Å². The third-order valence-corrected chi connectivity index (χ3v) is 11.2. The quantitative estimate of drug-likeness (QED) is 0.0427. The van der Waals surface area contributed by atoms with Gasteiger partial charge in [-0.15, -0.1) is 0 Å². The number of aliphatic hydroxyl groups is 1. The van der Waals surface area contributed by atoms with Crippen LogP contribution in [0, 0.1) is 35.5 Å². The first kappa shape index (κ1) is 56.4. The Morgan fingerprint density at radius 1 is 0.500 bits per heavy atom. The molecular weight excluding hydrogens is 771 g/mol. The molecule has 0 aliphatic rings. The molecule has 4 amide bonds. The molecular formula is C44H81N7O9. The van der Waals surface area contributed by atoms with E-state index < -0.39 is 71.8 Å². The van der Waals surface area contributed by atoms with E-state index in [0.717, 1.165) is 0 Å². The molecule has 16 heteroatoms. The van der Waals surface area contributed by atoms with Gasteiger partial charge in [0.25, 0.3) is 0 Å². The molecule has 0 heterocycles. The summed E-state index contributed by atoms with van der Waals surface area (Å²) >= 11 is 0. The van der Waals surface area contributed by atoms with E-state index >= 15 is 0 Å². The average Bonchev–Trinajstić information content (AvgIpc) is 3.18. The van der Waals surface area contributed by atoms with Gasteiger partial charge >= 0.3 is 0 Å². The standard InChI is InChI=1S/C44H81N7O9/c1-27(2)31(8)48-44(60)34(28(3)4)25-39(56)41(29(5)6)51-43(59)33(16-10-13-21-46)23-37(54)35(17-11-14-22-47)50-42(58)32(15-9-12-20-45)24-38(55)36(26-52)49-40(57)19-18-30(7)53/h27-29,31-36,41,52H,9-26,45-47H2,1-8H3,(H,48,60)(H,49,57)(H,50,58)(H,51,59)/t31-,32+,33+,34-,35+,36+,41+/m0/s1. The minimum absolute atomic E-state index is 0.0231. The van der Waals surface area contributed by atoms with Crippen LogP contribution in [-0.4, -0.2) is 102 Å². The molecule has 0 saturated carbocycles. The molecule has 7 atom stereocenters. The number of unbranched alkanes of at least 4 members (excludes halogenated alkanes) is 3. The van der Waals surface area contributed by atoms with E-state index in [1.54, 1.807) is 0 Å². The summed E-state index contributed by atoms with van der Waals surface area (Å²) in [4.78, 5) is 106. The van der Waals surface area contributed by atoms with Crippen LogP contribution in [0.1, 0.15) is 145 Å². The normalized spacial score (nSPS) is 15.1. The highest BCUT2D eigenvalue weighted by molar-refractivity contribution is 5.97. The molecule has 0 rings (SSSR count). The molecule has 0 aromatic rings. The molecule has 0 radical (unpaired) electrons. The highest BCUT2D eigenvalue weighted by Gasteiger charge is 2.35. The molecule has 0 aromatic heterocycles. The lowest BCUT2D eigenvalue weighted by Gasteiger charge is -2.29. The zero-order valence-corrected chi connectivity index (χ0v) is 37.9. The maximum absolute atomic E-state index is 14.1. The first-order valence-corrected chi connectivity index (χ1v) is 22.2. The van der Waals surface area contributed by atoms with E-state index in [9.17, 15) is 43.5 Å². The summed E-state index contributed by atoms with van der Waals surface area (Å²) in [6.07, 6.45) is 3.27. The van der Waals surface area contributed by atoms with Crippen LogP contribution in [0.5, 0.6) is 0 Å². The van der Waals surface area contributed by atoms with Gasteiger partial charge in [0, 0.05) is 55.9 Å². The maximum atomic E-state index is 14.1. The van der Waals surface area contributed by atoms with Crippen LogP contribution in [0.2, 0.25) is 0 Å². The Balaban J connectivity index is 6.36. The third kappa shape index (κ3) is 22.8. The fraction of sp³-hybridized carbons (Fsp3) is 0.818. The van der Waals surface area contributed by atoms with Crippen LogP contribution in [0.4, 0.5) is 0 Å². The zero-order chi connectivity index (χ0) is 45.9. The van der Waals surface area contributed by atoms with Crippen LogP contribution in [0.15, 0.2) is 0 Å². The van der Waals surface area contributed by atoms with Gasteiger partial charge in [0.2, 0.25) is 23.6 Å². The molecule has 11 N–H and O–H groups in total. The van der Waals surface area contributed by atoms with Crippen molar-refractivity contribution < 1.29 is 43.5 Å². The molecule has 60 heavy (non-hydrogen) atoms. The molecule has 0 fully saturated rings. The minimum Gasteiger partial charge on any atom is -0.394 e. The monoisotopic (exact) mass is 852 g/mol. The topological polar surface area (TPSA) is 283 Å². The maximum Gasteiger partial charge on any atom is 0.224 e. The van der Waals surface area contributed by atoms with Crippen LogP contribution >= 0.6 is 0 Å². The van der Waals surface area contributed by atoms with Gasteiger partial charge in [-0.3, -0.25) is 33.6 Å². The highest BCUT2D eigenvalue weighted by Crippen LogP contribution is 2.23. The number of aliphatic hydroxyl groups excluding tert-OH is 1. The zero-order valence-electron chi connectivity index (χ0n) is 37.9. The van der Waals surface area contributed by atoms with Crippen LogP contribution < -0.4 is 38.5 Å². The van der Waals surface area contributed by atoms with Gasteiger partial charge in [0.05, 0.1) is 18.7 Å². The molecule has 0 bridgehead atoms. The van der Waals surface area contributed by atoms with Gasteiger partial charge in [0.1, 0.15) is 11.8 Å². The molecule has 346 valence electrons. The Hall–Kier alpha value is -3.60. The van der Waals surface area contributed by atoms with E-state index in [-0.39, 0.29) is 86.2 Å². The summed E-state index contributed by atoms with van der Waals surface area (Å²) in [5, 5.41) is 21.1. The second-order valence-electron chi connectivity index (χ2n) is 17.4. The van der Waals surface area contributed by atoms with Gasteiger partial charge in [-0.25, -0.2) is 0 Å². The fourth-order valence-electron chi connectivity index (χ4n) is 6.74. The minimum atomic E-state index is -1.28. The molecule has 16 nitrogen and oxygen atoms in total. The molecule has 0 aliphatic carbocycles. The van der Waals surface area contributed by atoms with E-state index in [2.05, 4.69) is 21.3 Å². The van der Waals surface area contributed by atoms with Gasteiger partial charge in [-0.1, -0.05) is 54.4 Å². The fourth-order valence-corrected chi connectivity index (χ4v) is 6.74. The molecule has 0 aromatic carbocycles. The molecule has 0 saturated heterocycles. The van der Waals surface area contributed by atoms with Crippen LogP contribution in [0.3, 0.4) is 0 Å².